The van der Waals surface area contributed by atoms with Gasteiger partial charge in [-0.25, -0.2) is 0 Å². The molecule has 0 saturated heterocycles. The largest absolute Gasteiger partial charge is 0.388 e. The van der Waals surface area contributed by atoms with Gasteiger partial charge in [0.05, 0.1) is 6.10 Å². The molecule has 0 amide bonds. The molecule has 1 aromatic heterocycles. The van der Waals surface area contributed by atoms with Gasteiger partial charge in [0.15, 0.2) is 0 Å². The maximum absolute atomic E-state index is 10.8. The molecule has 3 rings (SSSR count). The molecule has 2 unspecified atom stereocenters. The van der Waals surface area contributed by atoms with Crippen LogP contribution >= 0.6 is 11.3 Å². The molecule has 0 bridgehead atoms. The molecular weight excluding hydrogens is 252 g/mol. The van der Waals surface area contributed by atoms with Crippen molar-refractivity contribution in [3.05, 3.63) is 56.8 Å². The summed E-state index contributed by atoms with van der Waals surface area (Å²) >= 11 is 1.84. The highest BCUT2D eigenvalue weighted by Gasteiger charge is 2.29. The van der Waals surface area contributed by atoms with E-state index in [-0.39, 0.29) is 12.0 Å². The van der Waals surface area contributed by atoms with Crippen LogP contribution in [0, 0.1) is 13.8 Å². The quantitative estimate of drug-likeness (QED) is 0.852. The van der Waals surface area contributed by atoms with E-state index in [1.165, 1.54) is 34.4 Å². The Morgan fingerprint density at radius 3 is 2.95 bits per heavy atom. The fourth-order valence-corrected chi connectivity index (χ4v) is 4.14. The van der Waals surface area contributed by atoms with E-state index in [1.807, 2.05) is 11.3 Å². The van der Waals surface area contributed by atoms with Crippen LogP contribution in [-0.2, 0) is 6.42 Å². The topological polar surface area (TPSA) is 20.2 Å². The van der Waals surface area contributed by atoms with E-state index in [4.69, 9.17) is 0 Å². The number of rotatable bonds is 2. The number of fused-ring (bicyclic) bond motifs is 1. The Labute approximate surface area is 118 Å². The normalized spacial score (nSPS) is 20.1. The van der Waals surface area contributed by atoms with Crippen molar-refractivity contribution in [2.24, 2.45) is 0 Å². The summed E-state index contributed by atoms with van der Waals surface area (Å²) in [4.78, 5) is 1.47. The Balaban J connectivity index is 1.97. The van der Waals surface area contributed by atoms with Crippen molar-refractivity contribution in [3.63, 3.8) is 0 Å². The van der Waals surface area contributed by atoms with E-state index < -0.39 is 0 Å². The van der Waals surface area contributed by atoms with Gasteiger partial charge in [-0.05, 0) is 61.2 Å². The summed E-state index contributed by atoms with van der Waals surface area (Å²) in [6.07, 6.45) is 3.11. The highest BCUT2D eigenvalue weighted by Crippen LogP contribution is 2.42. The summed E-state index contributed by atoms with van der Waals surface area (Å²) in [6.45, 7) is 4.18. The fraction of sp³-hybridized carbons (Fsp3) is 0.412. The van der Waals surface area contributed by atoms with E-state index in [2.05, 4.69) is 43.5 Å². The highest BCUT2D eigenvalue weighted by molar-refractivity contribution is 7.10. The number of aliphatic hydroxyl groups is 1. The summed E-state index contributed by atoms with van der Waals surface area (Å²) in [5.41, 5.74) is 4.90. The molecule has 2 atom stereocenters. The minimum absolute atomic E-state index is 0.274. The van der Waals surface area contributed by atoms with Crippen LogP contribution in [0.5, 0.6) is 0 Å². The van der Waals surface area contributed by atoms with Gasteiger partial charge in [-0.2, -0.15) is 0 Å². The molecule has 0 fully saturated rings. The molecule has 19 heavy (non-hydrogen) atoms. The van der Waals surface area contributed by atoms with Crippen molar-refractivity contribution < 1.29 is 5.11 Å². The smallest absolute Gasteiger partial charge is 0.0861 e. The summed E-state index contributed by atoms with van der Waals surface area (Å²) in [6, 6.07) is 8.58. The van der Waals surface area contributed by atoms with Crippen LogP contribution < -0.4 is 0 Å². The average Bonchev–Trinajstić information content (AvgIpc) is 2.89. The van der Waals surface area contributed by atoms with Crippen LogP contribution in [-0.4, -0.2) is 5.11 Å². The van der Waals surface area contributed by atoms with Gasteiger partial charge in [0.1, 0.15) is 0 Å². The lowest BCUT2D eigenvalue weighted by atomic mass is 9.80. The van der Waals surface area contributed by atoms with Gasteiger partial charge in [-0.1, -0.05) is 23.8 Å². The monoisotopic (exact) mass is 272 g/mol. The second-order valence-corrected chi connectivity index (χ2v) is 6.60. The van der Waals surface area contributed by atoms with Crippen LogP contribution in [0.25, 0.3) is 0 Å². The molecule has 1 aromatic carbocycles. The second kappa shape index (κ2) is 5.10. The Hall–Kier alpha value is -1.12. The third-order valence-corrected chi connectivity index (χ3v) is 5.23. The van der Waals surface area contributed by atoms with Gasteiger partial charge in [0.2, 0.25) is 0 Å². The number of hydrogen-bond acceptors (Lipinski definition) is 2. The molecule has 1 nitrogen and oxygen atoms in total. The van der Waals surface area contributed by atoms with E-state index in [0.29, 0.717) is 0 Å². The first kappa shape index (κ1) is 12.9. The van der Waals surface area contributed by atoms with Crippen LogP contribution in [0.4, 0.5) is 0 Å². The summed E-state index contributed by atoms with van der Waals surface area (Å²) in [5.74, 6) is 0.274. The lowest BCUT2D eigenvalue weighted by Crippen LogP contribution is -2.16. The van der Waals surface area contributed by atoms with E-state index in [1.54, 1.807) is 0 Å². The fourth-order valence-electron chi connectivity index (χ4n) is 3.15. The van der Waals surface area contributed by atoms with Crippen LogP contribution in [0.15, 0.2) is 29.6 Å². The van der Waals surface area contributed by atoms with Gasteiger partial charge >= 0.3 is 0 Å². The standard InChI is InChI=1S/C17H20OS/c1-11-6-7-12(2)15(10-11)17(18)14-4-3-5-16-13(14)8-9-19-16/h6-10,14,17-18H,3-5H2,1-2H3. The molecule has 0 spiro atoms. The lowest BCUT2D eigenvalue weighted by Gasteiger charge is -2.28. The number of aliphatic hydroxyl groups excluding tert-OH is 1. The van der Waals surface area contributed by atoms with E-state index >= 15 is 0 Å². The van der Waals surface area contributed by atoms with Gasteiger partial charge in [-0.3, -0.25) is 0 Å². The van der Waals surface area contributed by atoms with Gasteiger partial charge < -0.3 is 5.11 Å². The molecule has 1 aliphatic carbocycles. The zero-order valence-electron chi connectivity index (χ0n) is 11.5. The highest BCUT2D eigenvalue weighted by atomic mass is 32.1. The summed E-state index contributed by atoms with van der Waals surface area (Å²) in [5, 5.41) is 13.0. The molecule has 1 heterocycles. The maximum atomic E-state index is 10.8. The molecule has 1 aliphatic rings. The number of thiophene rings is 1. The lowest BCUT2D eigenvalue weighted by molar-refractivity contribution is 0.135. The maximum Gasteiger partial charge on any atom is 0.0861 e. The van der Waals surface area contributed by atoms with Crippen molar-refractivity contribution in [2.75, 3.05) is 0 Å². The molecule has 0 radical (unpaired) electrons. The predicted molar refractivity (Wildman–Crippen MR) is 80.9 cm³/mol. The minimum atomic E-state index is -0.367. The zero-order valence-corrected chi connectivity index (χ0v) is 12.3. The van der Waals surface area contributed by atoms with Crippen LogP contribution in [0.3, 0.4) is 0 Å². The van der Waals surface area contributed by atoms with Gasteiger partial charge in [-0.15, -0.1) is 11.3 Å². The van der Waals surface area contributed by atoms with Crippen LogP contribution in [0.1, 0.15) is 52.0 Å². The first-order chi connectivity index (χ1) is 9.16. The summed E-state index contributed by atoms with van der Waals surface area (Å²) in [7, 11) is 0. The first-order valence-electron chi connectivity index (χ1n) is 6.98. The minimum Gasteiger partial charge on any atom is -0.388 e. The Morgan fingerprint density at radius 1 is 1.26 bits per heavy atom. The number of benzene rings is 1. The van der Waals surface area contributed by atoms with Crippen molar-refractivity contribution in [2.45, 2.75) is 45.1 Å². The summed E-state index contributed by atoms with van der Waals surface area (Å²) < 4.78 is 0. The average molecular weight is 272 g/mol. The molecule has 2 heteroatoms. The van der Waals surface area contributed by atoms with Crippen molar-refractivity contribution in [1.82, 2.24) is 0 Å². The molecule has 0 saturated carbocycles. The molecule has 2 aromatic rings. The van der Waals surface area contributed by atoms with Crippen LogP contribution in [0.2, 0.25) is 0 Å². The second-order valence-electron chi connectivity index (χ2n) is 5.60. The van der Waals surface area contributed by atoms with E-state index in [9.17, 15) is 5.11 Å². The Kier molecular flexibility index (Phi) is 3.46. The zero-order chi connectivity index (χ0) is 13.4. The molecule has 1 N–H and O–H groups in total. The Bertz CT molecular complexity index is 585. The third kappa shape index (κ3) is 2.35. The molecular formula is C17H20OS. The first-order valence-corrected chi connectivity index (χ1v) is 7.86. The van der Waals surface area contributed by atoms with E-state index in [0.717, 1.165) is 12.0 Å². The van der Waals surface area contributed by atoms with Gasteiger partial charge in [0.25, 0.3) is 0 Å². The third-order valence-electron chi connectivity index (χ3n) is 4.23. The molecule has 0 aliphatic heterocycles. The SMILES string of the molecule is Cc1ccc(C)c(C(O)C2CCCc3sccc32)c1. The van der Waals surface area contributed by atoms with Crippen molar-refractivity contribution in [1.29, 1.82) is 0 Å². The molecule has 100 valence electrons. The van der Waals surface area contributed by atoms with Crippen molar-refractivity contribution >= 4 is 11.3 Å². The number of aryl methyl sites for hydroxylation is 3. The van der Waals surface area contributed by atoms with Crippen molar-refractivity contribution in [3.8, 4) is 0 Å². The predicted octanol–water partition coefficient (Wildman–Crippen LogP) is 4.52. The Morgan fingerprint density at radius 2 is 2.11 bits per heavy atom. The van der Waals surface area contributed by atoms with Gasteiger partial charge in [0, 0.05) is 10.8 Å². The number of hydrogen-bond donors (Lipinski definition) is 1.